The fourth-order valence-corrected chi connectivity index (χ4v) is 5.52. The zero-order valence-electron chi connectivity index (χ0n) is 19.0. The largest absolute Gasteiger partial charge is 0.497 e. The van der Waals surface area contributed by atoms with Crippen LogP contribution in [0.2, 0.25) is 0 Å². The molecule has 3 aromatic rings. The van der Waals surface area contributed by atoms with Gasteiger partial charge in [0.2, 0.25) is 0 Å². The quantitative estimate of drug-likeness (QED) is 0.327. The summed E-state index contributed by atoms with van der Waals surface area (Å²) in [6, 6.07) is 14.5. The molecular formula is C26H25N3O4S. The van der Waals surface area contributed by atoms with Crippen molar-refractivity contribution < 1.29 is 19.1 Å². The van der Waals surface area contributed by atoms with Crippen LogP contribution < -0.4 is 20.1 Å². The summed E-state index contributed by atoms with van der Waals surface area (Å²) >= 11 is 1.66. The van der Waals surface area contributed by atoms with Crippen molar-refractivity contribution in [2.75, 3.05) is 26.0 Å². The molecule has 0 aliphatic carbocycles. The summed E-state index contributed by atoms with van der Waals surface area (Å²) in [5.41, 5.74) is 3.72. The Balaban J connectivity index is 1.23. The number of likely N-dealkylation sites (N-methyl/N-ethyl adjacent to an activating group) is 1. The first-order valence-corrected chi connectivity index (χ1v) is 11.9. The zero-order chi connectivity index (χ0) is 23.7. The molecule has 2 N–H and O–H groups in total. The molecule has 0 saturated carbocycles. The summed E-state index contributed by atoms with van der Waals surface area (Å²) in [6.07, 6.45) is 3.63. The summed E-state index contributed by atoms with van der Waals surface area (Å²) < 4.78 is 10.5. The van der Waals surface area contributed by atoms with Crippen LogP contribution in [-0.4, -0.2) is 37.5 Å². The van der Waals surface area contributed by atoms with Crippen molar-refractivity contribution in [3.8, 4) is 11.5 Å². The first-order valence-electron chi connectivity index (χ1n) is 11.0. The third-order valence-electron chi connectivity index (χ3n) is 5.99. The number of carbonyl (C=O) groups is 2. The maximum absolute atomic E-state index is 12.9. The lowest BCUT2D eigenvalue weighted by Crippen LogP contribution is -2.38. The molecule has 3 heterocycles. The fraction of sp³-hybridized carbons (Fsp3) is 0.231. The van der Waals surface area contributed by atoms with Crippen molar-refractivity contribution >= 4 is 34.3 Å². The molecule has 2 aliphatic heterocycles. The first kappa shape index (κ1) is 22.2. The number of thiophene rings is 1. The minimum atomic E-state index is -0.466. The standard InChI is InChI=1S/C26H25N3O4S/c1-29-14-13-20-21(15-29)34-26-23(20)25(31)27-24(28-26)17-6-10-19(11-7-17)33-22(30)12-5-16-3-8-18(32-2)9-4-16/h3-12,24,28H,13-15H2,1-2H3,(H,27,31). The number of methoxy groups -OCH3 is 1. The van der Waals surface area contributed by atoms with Crippen LogP contribution in [0.4, 0.5) is 5.00 Å². The molecule has 0 spiro atoms. The fourth-order valence-electron chi connectivity index (χ4n) is 4.17. The molecule has 0 radical (unpaired) electrons. The Bertz CT molecular complexity index is 1250. The number of hydrogen-bond acceptors (Lipinski definition) is 7. The smallest absolute Gasteiger partial charge is 0.336 e. The number of amides is 1. The number of anilines is 1. The summed E-state index contributed by atoms with van der Waals surface area (Å²) in [7, 11) is 3.71. The van der Waals surface area contributed by atoms with Crippen LogP contribution in [0.25, 0.3) is 6.08 Å². The van der Waals surface area contributed by atoms with E-state index in [0.29, 0.717) is 5.75 Å². The van der Waals surface area contributed by atoms with E-state index in [-0.39, 0.29) is 12.1 Å². The van der Waals surface area contributed by atoms with E-state index in [1.165, 1.54) is 16.5 Å². The van der Waals surface area contributed by atoms with Gasteiger partial charge in [-0.1, -0.05) is 24.3 Å². The van der Waals surface area contributed by atoms with E-state index in [1.807, 2.05) is 36.4 Å². The molecule has 0 saturated heterocycles. The highest BCUT2D eigenvalue weighted by molar-refractivity contribution is 7.16. The summed E-state index contributed by atoms with van der Waals surface area (Å²) in [5.74, 6) is 0.683. The Hall–Kier alpha value is -3.62. The zero-order valence-corrected chi connectivity index (χ0v) is 19.8. The lowest BCUT2D eigenvalue weighted by Gasteiger charge is -2.27. The number of hydrogen-bond donors (Lipinski definition) is 2. The average molecular weight is 476 g/mol. The predicted octanol–water partition coefficient (Wildman–Crippen LogP) is 4.22. The highest BCUT2D eigenvalue weighted by Crippen LogP contribution is 2.40. The second-order valence-electron chi connectivity index (χ2n) is 8.34. The number of ether oxygens (including phenoxy) is 2. The summed E-state index contributed by atoms with van der Waals surface area (Å²) in [5, 5.41) is 7.45. The lowest BCUT2D eigenvalue weighted by molar-refractivity contribution is -0.128. The molecule has 174 valence electrons. The normalized spacial score (nSPS) is 17.5. The van der Waals surface area contributed by atoms with E-state index in [4.69, 9.17) is 9.47 Å². The van der Waals surface area contributed by atoms with Gasteiger partial charge in [0.05, 0.1) is 12.7 Å². The summed E-state index contributed by atoms with van der Waals surface area (Å²) in [4.78, 5) is 28.6. The van der Waals surface area contributed by atoms with Crippen LogP contribution in [0.5, 0.6) is 11.5 Å². The van der Waals surface area contributed by atoms with Crippen LogP contribution in [0.3, 0.4) is 0 Å². The Kier molecular flexibility index (Phi) is 6.08. The Labute approximate surface area is 202 Å². The second-order valence-corrected chi connectivity index (χ2v) is 9.45. The number of esters is 1. The molecular weight excluding hydrogens is 450 g/mol. The third kappa shape index (κ3) is 4.55. The van der Waals surface area contributed by atoms with E-state index < -0.39 is 5.97 Å². The molecule has 0 bridgehead atoms. The molecule has 7 nitrogen and oxygen atoms in total. The molecule has 1 atom stereocenters. The Morgan fingerprint density at radius 2 is 1.82 bits per heavy atom. The summed E-state index contributed by atoms with van der Waals surface area (Å²) in [6.45, 7) is 1.84. The molecule has 8 heteroatoms. The van der Waals surface area contributed by atoms with Gasteiger partial charge in [-0.3, -0.25) is 4.79 Å². The molecule has 1 unspecified atom stereocenters. The second kappa shape index (κ2) is 9.32. The Morgan fingerprint density at radius 3 is 2.56 bits per heavy atom. The van der Waals surface area contributed by atoms with E-state index in [9.17, 15) is 9.59 Å². The molecule has 1 amide bonds. The van der Waals surface area contributed by atoms with Crippen LogP contribution >= 0.6 is 11.3 Å². The van der Waals surface area contributed by atoms with Crippen molar-refractivity contribution in [1.29, 1.82) is 0 Å². The maximum Gasteiger partial charge on any atom is 0.336 e. The molecule has 5 rings (SSSR count). The van der Waals surface area contributed by atoms with Crippen LogP contribution in [-0.2, 0) is 17.8 Å². The van der Waals surface area contributed by atoms with Gasteiger partial charge in [-0.2, -0.15) is 0 Å². The lowest BCUT2D eigenvalue weighted by atomic mass is 10.0. The highest BCUT2D eigenvalue weighted by atomic mass is 32.1. The topological polar surface area (TPSA) is 79.9 Å². The van der Waals surface area contributed by atoms with Crippen molar-refractivity contribution in [1.82, 2.24) is 10.2 Å². The number of nitrogens with one attached hydrogen (secondary N) is 2. The monoisotopic (exact) mass is 475 g/mol. The van der Waals surface area contributed by atoms with E-state index in [0.717, 1.165) is 47.0 Å². The van der Waals surface area contributed by atoms with Crippen LogP contribution in [0.1, 0.15) is 38.1 Å². The molecule has 1 aromatic heterocycles. The number of rotatable bonds is 5. The molecule has 34 heavy (non-hydrogen) atoms. The van der Waals surface area contributed by atoms with Gasteiger partial charge in [-0.25, -0.2) is 4.79 Å². The minimum Gasteiger partial charge on any atom is -0.497 e. The number of carbonyl (C=O) groups excluding carboxylic acids is 2. The van der Waals surface area contributed by atoms with Gasteiger partial charge in [0, 0.05) is 24.0 Å². The van der Waals surface area contributed by atoms with Gasteiger partial charge in [0.25, 0.3) is 5.91 Å². The molecule has 2 aliphatic rings. The SMILES string of the molecule is COc1ccc(C=CC(=O)Oc2ccc(C3NC(=O)c4c(sc5c4CCN(C)C5)N3)cc2)cc1. The van der Waals surface area contributed by atoms with Gasteiger partial charge in [-0.05, 0) is 60.5 Å². The van der Waals surface area contributed by atoms with E-state index in [2.05, 4.69) is 22.6 Å². The number of nitrogens with zero attached hydrogens (tertiary/aromatic N) is 1. The minimum absolute atomic E-state index is 0.0417. The van der Waals surface area contributed by atoms with Gasteiger partial charge in [-0.15, -0.1) is 11.3 Å². The van der Waals surface area contributed by atoms with E-state index in [1.54, 1.807) is 36.7 Å². The van der Waals surface area contributed by atoms with Crippen LogP contribution in [0.15, 0.2) is 54.6 Å². The molecule has 0 fully saturated rings. The van der Waals surface area contributed by atoms with Crippen molar-refractivity contribution in [2.45, 2.75) is 19.1 Å². The number of benzene rings is 2. The van der Waals surface area contributed by atoms with Crippen molar-refractivity contribution in [2.24, 2.45) is 0 Å². The maximum atomic E-state index is 12.9. The van der Waals surface area contributed by atoms with Gasteiger partial charge in [0.15, 0.2) is 0 Å². The van der Waals surface area contributed by atoms with Crippen molar-refractivity contribution in [3.05, 3.63) is 81.7 Å². The van der Waals surface area contributed by atoms with Gasteiger partial charge in [0.1, 0.15) is 22.7 Å². The van der Waals surface area contributed by atoms with Crippen molar-refractivity contribution in [3.63, 3.8) is 0 Å². The highest BCUT2D eigenvalue weighted by Gasteiger charge is 2.32. The third-order valence-corrected chi connectivity index (χ3v) is 7.13. The molecule has 2 aromatic carbocycles. The predicted molar refractivity (Wildman–Crippen MR) is 132 cm³/mol. The van der Waals surface area contributed by atoms with Crippen LogP contribution in [0, 0.1) is 0 Å². The number of fused-ring (bicyclic) bond motifs is 3. The van der Waals surface area contributed by atoms with Gasteiger partial charge >= 0.3 is 5.97 Å². The average Bonchev–Trinajstić information content (AvgIpc) is 3.21. The van der Waals surface area contributed by atoms with Gasteiger partial charge < -0.3 is 25.0 Å². The van der Waals surface area contributed by atoms with E-state index >= 15 is 0 Å². The Morgan fingerprint density at radius 1 is 1.09 bits per heavy atom. The first-order chi connectivity index (χ1) is 16.5.